The Hall–Kier alpha value is -4.46. The van der Waals surface area contributed by atoms with Gasteiger partial charge in [0.25, 0.3) is 0 Å². The molecule has 0 amide bonds. The van der Waals surface area contributed by atoms with Crippen LogP contribution in [-0.2, 0) is 18.3 Å². The van der Waals surface area contributed by atoms with Gasteiger partial charge in [-0.25, -0.2) is 0 Å². The monoisotopic (exact) mass is 528 g/mol. The Labute approximate surface area is 239 Å². The average molecular weight is 529 g/mol. The van der Waals surface area contributed by atoms with Crippen LogP contribution >= 0.6 is 11.3 Å². The molecule has 7 aromatic rings. The maximum absolute atomic E-state index is 2.46. The topological polar surface area (TPSA) is 0 Å². The van der Waals surface area contributed by atoms with Crippen molar-refractivity contribution in [1.29, 1.82) is 0 Å². The summed E-state index contributed by atoms with van der Waals surface area (Å²) >= 11 is 1.89. The third-order valence-electron chi connectivity index (χ3n) is 8.66. The maximum atomic E-state index is 2.46. The lowest BCUT2D eigenvalue weighted by Gasteiger charge is -2.34. The predicted molar refractivity (Wildman–Crippen MR) is 170 cm³/mol. The van der Waals surface area contributed by atoms with Crippen molar-refractivity contribution in [3.8, 4) is 11.1 Å². The molecule has 1 aliphatic rings. The molecule has 190 valence electrons. The van der Waals surface area contributed by atoms with E-state index in [1.807, 2.05) is 11.3 Å². The highest BCUT2D eigenvalue weighted by molar-refractivity contribution is 7.25. The minimum atomic E-state index is -0.334. The summed E-state index contributed by atoms with van der Waals surface area (Å²) in [5, 5.41) is 2.75. The Morgan fingerprint density at radius 2 is 1.02 bits per heavy atom. The molecule has 40 heavy (non-hydrogen) atoms. The first-order chi connectivity index (χ1) is 19.8. The van der Waals surface area contributed by atoms with Gasteiger partial charge in [0.1, 0.15) is 0 Å². The molecule has 6 aromatic carbocycles. The number of fused-ring (bicyclic) bond motifs is 6. The van der Waals surface area contributed by atoms with Gasteiger partial charge in [-0.05, 0) is 75.5 Å². The van der Waals surface area contributed by atoms with Gasteiger partial charge in [0.15, 0.2) is 0 Å². The molecule has 0 unspecified atom stereocenters. The minimum Gasteiger partial charge on any atom is -0.135 e. The lowest BCUT2D eigenvalue weighted by molar-refractivity contribution is 0.765. The van der Waals surface area contributed by atoms with Gasteiger partial charge in [-0.1, -0.05) is 127 Å². The molecule has 1 heteroatoms. The fraction of sp³-hybridized carbons (Fsp3) is 0.0769. The highest BCUT2D eigenvalue weighted by Gasteiger charge is 2.45. The third kappa shape index (κ3) is 3.51. The molecule has 0 N–H and O–H groups in total. The predicted octanol–water partition coefficient (Wildman–Crippen LogP) is 10.2. The molecule has 0 radical (unpaired) electrons. The molecule has 1 aliphatic carbocycles. The van der Waals surface area contributed by atoms with E-state index in [2.05, 4.69) is 146 Å². The first-order valence-electron chi connectivity index (χ1n) is 14.1. The highest BCUT2D eigenvalue weighted by atomic mass is 32.1. The van der Waals surface area contributed by atoms with Crippen LogP contribution in [0.4, 0.5) is 0 Å². The van der Waals surface area contributed by atoms with E-state index in [4.69, 9.17) is 0 Å². The van der Waals surface area contributed by atoms with Gasteiger partial charge in [-0.15, -0.1) is 11.3 Å². The van der Waals surface area contributed by atoms with Crippen LogP contribution in [0.2, 0.25) is 0 Å². The van der Waals surface area contributed by atoms with Crippen molar-refractivity contribution in [2.75, 3.05) is 0 Å². The SMILES string of the molecule is c1ccc(C2(c3cccc(CCc4ccc5sc6ccccc6c5c4)c3)c3ccccc3-c3ccccc32)cc1. The standard InChI is InChI=1S/C39H28S/c1-2-12-29(13-3-1)39(35-18-7-4-15-31(35)32-16-5-8-19-36(32)39)30-14-10-11-27(25-30)21-22-28-23-24-38-34(26-28)33-17-6-9-20-37(33)40-38/h1-20,23-26H,21-22H2. The van der Waals surface area contributed by atoms with Crippen LogP contribution in [0.15, 0.2) is 146 Å². The van der Waals surface area contributed by atoms with Gasteiger partial charge in [0.2, 0.25) is 0 Å². The van der Waals surface area contributed by atoms with Crippen molar-refractivity contribution in [3.63, 3.8) is 0 Å². The summed E-state index contributed by atoms with van der Waals surface area (Å²) in [4.78, 5) is 0. The van der Waals surface area contributed by atoms with Gasteiger partial charge in [-0.2, -0.15) is 0 Å². The van der Waals surface area contributed by atoms with E-state index >= 15 is 0 Å². The summed E-state index contributed by atoms with van der Waals surface area (Å²) in [5.41, 5.74) is 10.5. The van der Waals surface area contributed by atoms with E-state index in [-0.39, 0.29) is 5.41 Å². The average Bonchev–Trinajstić information content (AvgIpc) is 3.54. The molecule has 0 saturated carbocycles. The number of hydrogen-bond donors (Lipinski definition) is 0. The smallest absolute Gasteiger partial charge is 0.0713 e. The Bertz CT molecular complexity index is 1970. The lowest BCUT2D eigenvalue weighted by atomic mass is 9.67. The van der Waals surface area contributed by atoms with Gasteiger partial charge < -0.3 is 0 Å². The molecule has 8 rings (SSSR count). The van der Waals surface area contributed by atoms with Crippen LogP contribution in [0.5, 0.6) is 0 Å². The van der Waals surface area contributed by atoms with Crippen molar-refractivity contribution in [3.05, 3.63) is 179 Å². The molecular weight excluding hydrogens is 500 g/mol. The van der Waals surface area contributed by atoms with E-state index in [1.165, 1.54) is 64.7 Å². The van der Waals surface area contributed by atoms with Crippen LogP contribution in [0.1, 0.15) is 33.4 Å². The second-order valence-corrected chi connectivity index (χ2v) is 11.9. The van der Waals surface area contributed by atoms with Gasteiger partial charge in [-0.3, -0.25) is 0 Å². The summed E-state index contributed by atoms with van der Waals surface area (Å²) in [6.07, 6.45) is 2.03. The quantitative estimate of drug-likeness (QED) is 0.208. The molecule has 0 atom stereocenters. The summed E-state index contributed by atoms with van der Waals surface area (Å²) in [6, 6.07) is 54.2. The van der Waals surface area contributed by atoms with Gasteiger partial charge in [0, 0.05) is 20.2 Å². The normalized spacial score (nSPS) is 13.4. The molecule has 0 bridgehead atoms. The van der Waals surface area contributed by atoms with E-state index < -0.39 is 0 Å². The van der Waals surface area contributed by atoms with Crippen molar-refractivity contribution in [2.45, 2.75) is 18.3 Å². The van der Waals surface area contributed by atoms with Gasteiger partial charge in [0.05, 0.1) is 5.41 Å². The number of benzene rings is 6. The van der Waals surface area contributed by atoms with Crippen LogP contribution in [-0.4, -0.2) is 0 Å². The molecule has 1 aromatic heterocycles. The zero-order chi connectivity index (χ0) is 26.5. The van der Waals surface area contributed by atoms with Crippen LogP contribution < -0.4 is 0 Å². The van der Waals surface area contributed by atoms with Crippen LogP contribution in [0.25, 0.3) is 31.3 Å². The van der Waals surface area contributed by atoms with Crippen molar-refractivity contribution >= 4 is 31.5 Å². The fourth-order valence-corrected chi connectivity index (χ4v) is 7.98. The highest BCUT2D eigenvalue weighted by Crippen LogP contribution is 2.56. The lowest BCUT2D eigenvalue weighted by Crippen LogP contribution is -2.28. The Kier molecular flexibility index (Phi) is 5.46. The van der Waals surface area contributed by atoms with E-state index in [0.29, 0.717) is 0 Å². The zero-order valence-electron chi connectivity index (χ0n) is 22.2. The van der Waals surface area contributed by atoms with E-state index in [0.717, 1.165) is 12.8 Å². The van der Waals surface area contributed by atoms with Crippen molar-refractivity contribution < 1.29 is 0 Å². The van der Waals surface area contributed by atoms with E-state index in [1.54, 1.807) is 0 Å². The zero-order valence-corrected chi connectivity index (χ0v) is 23.0. The van der Waals surface area contributed by atoms with Crippen molar-refractivity contribution in [2.24, 2.45) is 0 Å². The van der Waals surface area contributed by atoms with E-state index in [9.17, 15) is 0 Å². The Morgan fingerprint density at radius 1 is 0.425 bits per heavy atom. The van der Waals surface area contributed by atoms with Crippen LogP contribution in [0.3, 0.4) is 0 Å². The first-order valence-corrected chi connectivity index (χ1v) is 14.9. The largest absolute Gasteiger partial charge is 0.135 e. The Morgan fingerprint density at radius 3 is 1.80 bits per heavy atom. The number of thiophene rings is 1. The second kappa shape index (κ2) is 9.33. The molecular formula is C39H28S. The first kappa shape index (κ1) is 23.4. The molecule has 0 saturated heterocycles. The number of rotatable bonds is 5. The number of aryl methyl sites for hydroxylation is 2. The fourth-order valence-electron chi connectivity index (χ4n) is 6.89. The van der Waals surface area contributed by atoms with Crippen molar-refractivity contribution in [1.82, 2.24) is 0 Å². The molecule has 0 spiro atoms. The summed E-state index contributed by atoms with van der Waals surface area (Å²) in [5.74, 6) is 0. The summed E-state index contributed by atoms with van der Waals surface area (Å²) < 4.78 is 2.74. The second-order valence-electron chi connectivity index (χ2n) is 10.8. The summed E-state index contributed by atoms with van der Waals surface area (Å²) in [6.45, 7) is 0. The summed E-state index contributed by atoms with van der Waals surface area (Å²) in [7, 11) is 0. The minimum absolute atomic E-state index is 0.334. The molecule has 1 heterocycles. The third-order valence-corrected chi connectivity index (χ3v) is 9.81. The van der Waals surface area contributed by atoms with Crippen LogP contribution in [0, 0.1) is 0 Å². The maximum Gasteiger partial charge on any atom is 0.0713 e. The molecule has 0 aliphatic heterocycles. The molecule has 0 fully saturated rings. The van der Waals surface area contributed by atoms with Gasteiger partial charge >= 0.3 is 0 Å². The molecule has 0 nitrogen and oxygen atoms in total. The Balaban J connectivity index is 1.22. The number of hydrogen-bond acceptors (Lipinski definition) is 1.